The molecule has 0 bridgehead atoms. The zero-order valence-electron chi connectivity index (χ0n) is 26.2. The number of anilines is 1. The lowest BCUT2D eigenvalue weighted by Crippen LogP contribution is -2.33. The van der Waals surface area contributed by atoms with E-state index in [4.69, 9.17) is 51.0 Å². The highest BCUT2D eigenvalue weighted by Crippen LogP contribution is 2.53. The van der Waals surface area contributed by atoms with Gasteiger partial charge in [-0.25, -0.2) is 0 Å². The number of hydrogen-bond donors (Lipinski definition) is 1. The molecular weight excluding hydrogens is 684 g/mol. The van der Waals surface area contributed by atoms with Crippen LogP contribution in [0.25, 0.3) is 0 Å². The lowest BCUT2D eigenvalue weighted by Gasteiger charge is -2.30. The molecule has 0 aliphatic rings. The molecule has 0 fully saturated rings. The minimum Gasteiger partial charge on any atom is -0.444 e. The smallest absolute Gasteiger partial charge is 0.444 e. The van der Waals surface area contributed by atoms with Crippen LogP contribution in [0.4, 0.5) is 5.69 Å². The van der Waals surface area contributed by atoms with Crippen molar-refractivity contribution in [1.29, 1.82) is 0 Å². The second kappa shape index (κ2) is 18.1. The van der Waals surface area contributed by atoms with Crippen LogP contribution in [0.2, 0.25) is 0 Å². The van der Waals surface area contributed by atoms with Gasteiger partial charge in [-0.2, -0.15) is 0 Å². The second-order valence-corrected chi connectivity index (χ2v) is 18.8. The van der Waals surface area contributed by atoms with E-state index in [1.54, 1.807) is 47.2 Å². The molecule has 2 rings (SSSR count). The van der Waals surface area contributed by atoms with Crippen molar-refractivity contribution in [1.82, 2.24) is 9.87 Å². The Labute approximate surface area is 272 Å². The van der Waals surface area contributed by atoms with Crippen molar-refractivity contribution < 1.29 is 36.5 Å². The van der Waals surface area contributed by atoms with E-state index in [9.17, 15) is 9.13 Å². The number of rotatable bonds is 20. The van der Waals surface area contributed by atoms with Crippen molar-refractivity contribution in [3.63, 3.8) is 0 Å². The number of nitrogens with one attached hydrogen (secondary N) is 1. The molecule has 18 heteroatoms. The number of hydrogen-bond acceptors (Lipinski definition) is 12. The topological polar surface area (TPSA) is 120 Å². The summed E-state index contributed by atoms with van der Waals surface area (Å²) in [5.74, 6) is 1.28. The van der Waals surface area contributed by atoms with Crippen molar-refractivity contribution >= 4 is 64.6 Å². The SMILES string of the molecule is CCC(CC)(Oc1ccc(N(CP(=O)(OC)OC)CP(=O)(OC)OC)cc1)[P+](=S)N(C)/N=C/c1ccc(O[P+](=S)NC)cc1. The summed E-state index contributed by atoms with van der Waals surface area (Å²) in [5.41, 5.74) is 1.48. The number of ether oxygens (including phenoxy) is 1. The largest absolute Gasteiger partial charge is 0.489 e. The van der Waals surface area contributed by atoms with Gasteiger partial charge < -0.3 is 27.7 Å². The lowest BCUT2D eigenvalue weighted by molar-refractivity contribution is 0.146. The molecule has 0 spiro atoms. The van der Waals surface area contributed by atoms with E-state index in [2.05, 4.69) is 10.2 Å². The predicted octanol–water partition coefficient (Wildman–Crippen LogP) is 7.47. The normalized spacial score (nSPS) is 13.1. The van der Waals surface area contributed by atoms with Crippen LogP contribution in [-0.4, -0.2) is 71.4 Å². The molecule has 44 heavy (non-hydrogen) atoms. The minimum atomic E-state index is -3.51. The summed E-state index contributed by atoms with van der Waals surface area (Å²) in [4.78, 5) is 1.58. The highest BCUT2D eigenvalue weighted by molar-refractivity contribution is 8.04. The van der Waals surface area contributed by atoms with Gasteiger partial charge in [0.1, 0.15) is 18.3 Å². The van der Waals surface area contributed by atoms with Gasteiger partial charge in [-0.1, -0.05) is 13.8 Å². The van der Waals surface area contributed by atoms with Gasteiger partial charge in [0.05, 0.1) is 13.3 Å². The Kier molecular flexibility index (Phi) is 15.9. The molecule has 0 saturated heterocycles. The van der Waals surface area contributed by atoms with Crippen molar-refractivity contribution in [2.24, 2.45) is 5.10 Å². The Morgan fingerprint density at radius 3 is 1.77 bits per heavy atom. The van der Waals surface area contributed by atoms with Crippen LogP contribution in [0.3, 0.4) is 0 Å². The van der Waals surface area contributed by atoms with Gasteiger partial charge in [0, 0.05) is 54.0 Å². The fourth-order valence-corrected chi connectivity index (χ4v) is 9.23. The Morgan fingerprint density at radius 2 is 1.34 bits per heavy atom. The van der Waals surface area contributed by atoms with Crippen LogP contribution in [-0.2, 0) is 50.8 Å². The van der Waals surface area contributed by atoms with Crippen molar-refractivity contribution in [3.8, 4) is 11.5 Å². The molecule has 0 aromatic heterocycles. The first-order valence-corrected chi connectivity index (χ1v) is 21.5. The van der Waals surface area contributed by atoms with Gasteiger partial charge in [0.2, 0.25) is 11.8 Å². The molecule has 0 radical (unpaired) electrons. The maximum atomic E-state index is 13.0. The average molecular weight is 727 g/mol. The van der Waals surface area contributed by atoms with Crippen LogP contribution < -0.4 is 19.2 Å². The van der Waals surface area contributed by atoms with Crippen molar-refractivity contribution in [2.45, 2.75) is 32.0 Å². The molecular formula is C26H42N4O8P4S2+2. The van der Waals surface area contributed by atoms with Crippen molar-refractivity contribution in [3.05, 3.63) is 54.1 Å². The van der Waals surface area contributed by atoms with E-state index in [-0.39, 0.29) is 12.6 Å². The molecule has 0 aliphatic carbocycles. The molecule has 2 unspecified atom stereocenters. The fraction of sp³-hybridized carbons (Fsp3) is 0.500. The lowest BCUT2D eigenvalue weighted by atomic mass is 10.2. The summed E-state index contributed by atoms with van der Waals surface area (Å²) >= 11 is 11.2. The van der Waals surface area contributed by atoms with Gasteiger partial charge in [0.25, 0.3) is 5.34 Å². The van der Waals surface area contributed by atoms with Crippen LogP contribution in [0.15, 0.2) is 53.6 Å². The highest BCUT2D eigenvalue weighted by atomic mass is 32.4. The van der Waals surface area contributed by atoms with Gasteiger partial charge in [-0.3, -0.25) is 13.7 Å². The molecule has 12 nitrogen and oxygen atoms in total. The third-order valence-corrected chi connectivity index (χ3v) is 15.5. The number of benzene rings is 2. The van der Waals surface area contributed by atoms with E-state index >= 15 is 0 Å². The van der Waals surface area contributed by atoms with Gasteiger partial charge >= 0.3 is 29.1 Å². The van der Waals surface area contributed by atoms with E-state index in [0.717, 1.165) is 5.56 Å². The van der Waals surface area contributed by atoms with E-state index < -0.39 is 34.5 Å². The predicted molar refractivity (Wildman–Crippen MR) is 186 cm³/mol. The summed E-state index contributed by atoms with van der Waals surface area (Å²) in [6, 6.07) is 14.6. The van der Waals surface area contributed by atoms with Crippen LogP contribution in [0.5, 0.6) is 11.5 Å². The van der Waals surface area contributed by atoms with Crippen molar-refractivity contribution in [2.75, 3.05) is 60.0 Å². The molecule has 2 atom stereocenters. The number of nitrogens with zero attached hydrogens (tertiary/aromatic N) is 3. The zero-order chi connectivity index (χ0) is 33.0. The molecule has 2 aromatic rings. The van der Waals surface area contributed by atoms with Gasteiger partial charge in [-0.15, -0.1) is 15.0 Å². The Morgan fingerprint density at radius 1 is 0.864 bits per heavy atom. The van der Waals surface area contributed by atoms with Crippen LogP contribution >= 0.6 is 29.1 Å². The molecule has 2 aromatic carbocycles. The van der Waals surface area contributed by atoms with E-state index in [0.29, 0.717) is 30.0 Å². The average Bonchev–Trinajstić information content (AvgIpc) is 3.06. The quantitative estimate of drug-likeness (QED) is 0.0826. The molecule has 1 N–H and O–H groups in total. The summed E-state index contributed by atoms with van der Waals surface area (Å²) in [6.45, 7) is 2.78. The molecule has 0 aliphatic heterocycles. The van der Waals surface area contributed by atoms with E-state index in [1.807, 2.05) is 45.2 Å². The monoisotopic (exact) mass is 726 g/mol. The van der Waals surface area contributed by atoms with Gasteiger partial charge in [0.15, 0.2) is 17.6 Å². The fourth-order valence-electron chi connectivity index (χ4n) is 3.87. The molecule has 244 valence electrons. The first-order chi connectivity index (χ1) is 20.9. The third kappa shape index (κ3) is 10.9. The zero-order valence-corrected chi connectivity index (χ0v) is 31.4. The maximum absolute atomic E-state index is 13.0. The minimum absolute atomic E-state index is 0.175. The van der Waals surface area contributed by atoms with E-state index in [1.165, 1.54) is 28.4 Å². The molecule has 0 heterocycles. The first-order valence-electron chi connectivity index (χ1n) is 13.5. The second-order valence-electron chi connectivity index (χ2n) is 9.17. The summed E-state index contributed by atoms with van der Waals surface area (Å²) < 4.78 is 60.4. The summed E-state index contributed by atoms with van der Waals surface area (Å²) in [5, 5.41) is 6.86. The molecule has 0 saturated carbocycles. The number of hydrazone groups is 1. The Hall–Kier alpha value is -1.39. The third-order valence-electron chi connectivity index (χ3n) is 6.65. The standard InChI is InChI=1S/C26H42N4O8P4S2/c1-9-26(10-2,39(43)29(4)28-19-22-11-15-25(16-12-22)38-40(44)27-3)37-24-17-13-23(14-18-24)30(20-41(31,33-5)34-6)21-42(32,35-7)36-8/h11-19H,9-10,20-21H2,1-8H3,(H,27,44)/q+2/b28-19+. The summed E-state index contributed by atoms with van der Waals surface area (Å²) in [6.07, 6.45) is 2.71. The molecule has 0 amide bonds. The first kappa shape index (κ1) is 38.8. The highest BCUT2D eigenvalue weighted by Gasteiger charge is 2.48. The summed E-state index contributed by atoms with van der Waals surface area (Å²) in [7, 11) is 0.650. The van der Waals surface area contributed by atoms with Gasteiger partial charge in [-0.05, 0) is 54.1 Å². The van der Waals surface area contributed by atoms with Crippen LogP contribution in [0.1, 0.15) is 32.3 Å². The van der Waals surface area contributed by atoms with Crippen LogP contribution in [0, 0.1) is 0 Å². The maximum Gasteiger partial charge on any atom is 0.489 e. The Bertz CT molecular complexity index is 1320. The Balaban J connectivity index is 2.25.